The number of amides is 1. The molecule has 3 heterocycles. The minimum atomic E-state index is -0.472. The molecule has 0 fully saturated rings. The van der Waals surface area contributed by atoms with E-state index in [2.05, 4.69) is 25.4 Å². The predicted octanol–water partition coefficient (Wildman–Crippen LogP) is 3.96. The van der Waals surface area contributed by atoms with Crippen molar-refractivity contribution in [1.29, 1.82) is 0 Å². The summed E-state index contributed by atoms with van der Waals surface area (Å²) < 4.78 is 5.36. The van der Waals surface area contributed by atoms with Crippen LogP contribution in [0.25, 0.3) is 11.4 Å². The highest BCUT2D eigenvalue weighted by atomic mass is 35.5. The largest absolute Gasteiger partial charge is 0.340 e. The molecule has 0 spiro atoms. The minimum absolute atomic E-state index is 0.0143. The SMILES string of the molecule is CC(C)C(NC(=O)c1cnc(Cl)c(Cl)c1)c1nc(-c2ccncc2)no1. The van der Waals surface area contributed by atoms with Crippen molar-refractivity contribution in [3.8, 4) is 11.4 Å². The summed E-state index contributed by atoms with van der Waals surface area (Å²) >= 11 is 11.7. The molecule has 0 aliphatic carbocycles. The maximum Gasteiger partial charge on any atom is 0.253 e. The van der Waals surface area contributed by atoms with Gasteiger partial charge in [0.2, 0.25) is 11.7 Å². The van der Waals surface area contributed by atoms with Gasteiger partial charge >= 0.3 is 0 Å². The number of hydrogen-bond donors (Lipinski definition) is 1. The summed E-state index contributed by atoms with van der Waals surface area (Å²) in [7, 11) is 0. The highest BCUT2D eigenvalue weighted by molar-refractivity contribution is 6.41. The molecule has 0 radical (unpaired) electrons. The van der Waals surface area contributed by atoms with Crippen molar-refractivity contribution < 1.29 is 9.32 Å². The van der Waals surface area contributed by atoms with Crippen LogP contribution in [-0.2, 0) is 0 Å². The molecule has 3 aromatic heterocycles. The number of carbonyl (C=O) groups is 1. The summed E-state index contributed by atoms with van der Waals surface area (Å²) in [6.07, 6.45) is 4.64. The summed E-state index contributed by atoms with van der Waals surface area (Å²) in [4.78, 5) is 24.8. The van der Waals surface area contributed by atoms with Gasteiger partial charge in [0, 0.05) is 24.2 Å². The Bertz CT molecular complexity index is 915. The second kappa shape index (κ2) is 7.80. The van der Waals surface area contributed by atoms with E-state index in [1.54, 1.807) is 24.5 Å². The first-order chi connectivity index (χ1) is 12.5. The van der Waals surface area contributed by atoms with Crippen molar-refractivity contribution in [2.45, 2.75) is 19.9 Å². The van der Waals surface area contributed by atoms with Gasteiger partial charge in [0.25, 0.3) is 5.91 Å². The second-order valence-corrected chi connectivity index (χ2v) is 6.65. The Morgan fingerprint density at radius 3 is 2.62 bits per heavy atom. The van der Waals surface area contributed by atoms with E-state index in [0.717, 1.165) is 5.56 Å². The van der Waals surface area contributed by atoms with Crippen LogP contribution in [0.15, 0.2) is 41.3 Å². The Labute approximate surface area is 159 Å². The van der Waals surface area contributed by atoms with E-state index < -0.39 is 6.04 Å². The highest BCUT2D eigenvalue weighted by Gasteiger charge is 2.25. The molecule has 0 saturated carbocycles. The lowest BCUT2D eigenvalue weighted by molar-refractivity contribution is 0.0913. The standard InChI is InChI=1S/C17H15Cl2N5O2/c1-9(2)13(22-16(25)11-7-12(18)14(19)21-8-11)17-23-15(24-26-17)10-3-5-20-6-4-10/h3-9,13H,1-2H3,(H,22,25). The third-order valence-corrected chi connectivity index (χ3v) is 4.34. The molecule has 3 aromatic rings. The molecule has 1 unspecified atom stereocenters. The van der Waals surface area contributed by atoms with E-state index in [-0.39, 0.29) is 22.0 Å². The molecular weight excluding hydrogens is 377 g/mol. The minimum Gasteiger partial charge on any atom is -0.340 e. The third kappa shape index (κ3) is 4.00. The molecule has 1 N–H and O–H groups in total. The number of aromatic nitrogens is 4. The first-order valence-corrected chi connectivity index (χ1v) is 8.57. The van der Waals surface area contributed by atoms with Gasteiger partial charge in [-0.3, -0.25) is 9.78 Å². The van der Waals surface area contributed by atoms with Gasteiger partial charge < -0.3 is 9.84 Å². The van der Waals surface area contributed by atoms with Gasteiger partial charge in [-0.05, 0) is 24.1 Å². The summed E-state index contributed by atoms with van der Waals surface area (Å²) in [5.41, 5.74) is 1.07. The monoisotopic (exact) mass is 391 g/mol. The Hall–Kier alpha value is -2.51. The van der Waals surface area contributed by atoms with E-state index in [1.165, 1.54) is 12.3 Å². The Balaban J connectivity index is 1.82. The molecule has 134 valence electrons. The molecule has 0 saturated heterocycles. The van der Waals surface area contributed by atoms with E-state index in [4.69, 9.17) is 27.7 Å². The zero-order valence-electron chi connectivity index (χ0n) is 14.0. The van der Waals surface area contributed by atoms with Gasteiger partial charge in [-0.2, -0.15) is 4.98 Å². The molecular formula is C17H15Cl2N5O2. The molecule has 1 atom stereocenters. The van der Waals surface area contributed by atoms with E-state index in [1.807, 2.05) is 13.8 Å². The normalized spacial score (nSPS) is 12.2. The number of nitrogens with zero attached hydrogens (tertiary/aromatic N) is 4. The van der Waals surface area contributed by atoms with E-state index >= 15 is 0 Å². The molecule has 3 rings (SSSR count). The number of rotatable bonds is 5. The van der Waals surface area contributed by atoms with Crippen LogP contribution in [0.3, 0.4) is 0 Å². The van der Waals surface area contributed by atoms with Gasteiger partial charge in [0.15, 0.2) is 0 Å². The Morgan fingerprint density at radius 1 is 1.23 bits per heavy atom. The fraction of sp³-hybridized carbons (Fsp3) is 0.235. The molecule has 7 nitrogen and oxygen atoms in total. The van der Waals surface area contributed by atoms with Crippen LogP contribution >= 0.6 is 23.2 Å². The quantitative estimate of drug-likeness (QED) is 0.661. The smallest absolute Gasteiger partial charge is 0.253 e. The highest BCUT2D eigenvalue weighted by Crippen LogP contribution is 2.25. The second-order valence-electron chi connectivity index (χ2n) is 5.88. The average Bonchev–Trinajstić information content (AvgIpc) is 3.12. The van der Waals surface area contributed by atoms with E-state index in [9.17, 15) is 4.79 Å². The predicted molar refractivity (Wildman–Crippen MR) is 96.8 cm³/mol. The van der Waals surface area contributed by atoms with Gasteiger partial charge in [-0.15, -0.1) is 0 Å². The first-order valence-electron chi connectivity index (χ1n) is 7.81. The zero-order chi connectivity index (χ0) is 18.7. The van der Waals surface area contributed by atoms with Crippen LogP contribution in [0.1, 0.15) is 36.1 Å². The van der Waals surface area contributed by atoms with Crippen LogP contribution in [0.5, 0.6) is 0 Å². The first kappa shape index (κ1) is 18.3. The number of halogens is 2. The van der Waals surface area contributed by atoms with Gasteiger partial charge in [0.05, 0.1) is 10.6 Å². The summed E-state index contributed by atoms with van der Waals surface area (Å²) in [6.45, 7) is 3.88. The lowest BCUT2D eigenvalue weighted by Gasteiger charge is -2.18. The average molecular weight is 392 g/mol. The number of pyridine rings is 2. The van der Waals surface area contributed by atoms with Crippen molar-refractivity contribution in [3.63, 3.8) is 0 Å². The Morgan fingerprint density at radius 2 is 1.96 bits per heavy atom. The molecule has 9 heteroatoms. The number of nitrogens with one attached hydrogen (secondary N) is 1. The lowest BCUT2D eigenvalue weighted by atomic mass is 10.0. The van der Waals surface area contributed by atoms with Gasteiger partial charge in [0.1, 0.15) is 11.2 Å². The fourth-order valence-corrected chi connectivity index (χ4v) is 2.53. The van der Waals surface area contributed by atoms with Crippen LogP contribution in [0.4, 0.5) is 0 Å². The van der Waals surface area contributed by atoms with Gasteiger partial charge in [-0.25, -0.2) is 4.98 Å². The lowest BCUT2D eigenvalue weighted by Crippen LogP contribution is -2.32. The van der Waals surface area contributed by atoms with Crippen molar-refractivity contribution in [3.05, 3.63) is 58.4 Å². The molecule has 26 heavy (non-hydrogen) atoms. The molecule has 0 aliphatic rings. The zero-order valence-corrected chi connectivity index (χ0v) is 15.5. The van der Waals surface area contributed by atoms with Gasteiger partial charge in [-0.1, -0.05) is 42.2 Å². The van der Waals surface area contributed by atoms with Crippen LogP contribution in [0.2, 0.25) is 10.2 Å². The maximum atomic E-state index is 12.5. The molecule has 0 bridgehead atoms. The fourth-order valence-electron chi connectivity index (χ4n) is 2.26. The van der Waals surface area contributed by atoms with Crippen molar-refractivity contribution >= 4 is 29.1 Å². The summed E-state index contributed by atoms with van der Waals surface area (Å²) in [5, 5.41) is 7.20. The van der Waals surface area contributed by atoms with Crippen LogP contribution in [0, 0.1) is 5.92 Å². The molecule has 0 aliphatic heterocycles. The summed E-state index contributed by atoms with van der Waals surface area (Å²) in [5.74, 6) is 0.394. The Kier molecular flexibility index (Phi) is 5.49. The van der Waals surface area contributed by atoms with Crippen molar-refractivity contribution in [2.75, 3.05) is 0 Å². The van der Waals surface area contributed by atoms with E-state index in [0.29, 0.717) is 17.3 Å². The molecule has 1 amide bonds. The van der Waals surface area contributed by atoms with Crippen molar-refractivity contribution in [2.24, 2.45) is 5.92 Å². The van der Waals surface area contributed by atoms with Crippen molar-refractivity contribution in [1.82, 2.24) is 25.4 Å². The number of hydrogen-bond acceptors (Lipinski definition) is 6. The van der Waals surface area contributed by atoms with Crippen LogP contribution in [-0.4, -0.2) is 26.0 Å². The topological polar surface area (TPSA) is 93.8 Å². The summed E-state index contributed by atoms with van der Waals surface area (Å²) in [6, 6.07) is 4.54. The maximum absolute atomic E-state index is 12.5. The van der Waals surface area contributed by atoms with Crippen LogP contribution < -0.4 is 5.32 Å². The number of carbonyl (C=O) groups excluding carboxylic acids is 1. The third-order valence-electron chi connectivity index (χ3n) is 3.66. The molecule has 0 aromatic carbocycles.